The van der Waals surface area contributed by atoms with E-state index in [1.165, 1.54) is 6.42 Å². The van der Waals surface area contributed by atoms with Gasteiger partial charge in [-0.15, -0.1) is 0 Å². The number of nitrogens with zero attached hydrogens (tertiary/aromatic N) is 2. The van der Waals surface area contributed by atoms with Gasteiger partial charge in [0, 0.05) is 19.1 Å². The number of rotatable bonds is 7. The molecule has 2 saturated heterocycles. The van der Waals surface area contributed by atoms with Gasteiger partial charge in [-0.3, -0.25) is 4.79 Å². The van der Waals surface area contributed by atoms with E-state index in [0.717, 1.165) is 64.8 Å². The third-order valence-electron chi connectivity index (χ3n) is 5.59. The van der Waals surface area contributed by atoms with E-state index in [0.29, 0.717) is 12.0 Å². The fourth-order valence-electron chi connectivity index (χ4n) is 3.95. The van der Waals surface area contributed by atoms with Crippen LogP contribution in [0.2, 0.25) is 0 Å². The first-order valence-corrected chi connectivity index (χ1v) is 9.52. The summed E-state index contributed by atoms with van der Waals surface area (Å²) in [5.41, 5.74) is 0. The number of carbonyl (C=O) groups is 1. The summed E-state index contributed by atoms with van der Waals surface area (Å²) in [6.07, 6.45) is 6.97. The van der Waals surface area contributed by atoms with Gasteiger partial charge in [0.25, 0.3) is 0 Å². The summed E-state index contributed by atoms with van der Waals surface area (Å²) in [6, 6.07) is 0.375. The second-order valence-corrected chi connectivity index (χ2v) is 7.23. The standard InChI is InChI=1S/C18H35N3O2/c1-3-17-6-4-5-9-21(17)18(23)15(2)19-14-16-7-10-20(11-8-16)12-13-22/h15-17,19,22H,3-14H2,1-2H3/t15-,17+/m1/s1. The summed E-state index contributed by atoms with van der Waals surface area (Å²) in [5, 5.41) is 12.5. The second kappa shape index (κ2) is 9.60. The normalized spacial score (nSPS) is 25.5. The van der Waals surface area contributed by atoms with Crippen molar-refractivity contribution in [1.82, 2.24) is 15.1 Å². The minimum absolute atomic E-state index is 0.0716. The topological polar surface area (TPSA) is 55.8 Å². The zero-order valence-electron chi connectivity index (χ0n) is 15.0. The third kappa shape index (κ3) is 5.44. The van der Waals surface area contributed by atoms with Crippen LogP contribution in [0.25, 0.3) is 0 Å². The Morgan fingerprint density at radius 3 is 2.61 bits per heavy atom. The molecule has 134 valence electrons. The van der Waals surface area contributed by atoms with Crippen molar-refractivity contribution in [3.05, 3.63) is 0 Å². The van der Waals surface area contributed by atoms with E-state index in [9.17, 15) is 4.79 Å². The molecule has 0 aromatic heterocycles. The van der Waals surface area contributed by atoms with Gasteiger partial charge in [0.05, 0.1) is 12.6 Å². The molecular weight excluding hydrogens is 290 g/mol. The fourth-order valence-corrected chi connectivity index (χ4v) is 3.95. The van der Waals surface area contributed by atoms with E-state index in [2.05, 4.69) is 22.0 Å². The number of amides is 1. The highest BCUT2D eigenvalue weighted by Crippen LogP contribution is 2.21. The molecule has 5 nitrogen and oxygen atoms in total. The lowest BCUT2D eigenvalue weighted by atomic mass is 9.96. The summed E-state index contributed by atoms with van der Waals surface area (Å²) in [7, 11) is 0. The van der Waals surface area contributed by atoms with Gasteiger partial charge < -0.3 is 20.2 Å². The van der Waals surface area contributed by atoms with Crippen LogP contribution in [0.5, 0.6) is 0 Å². The molecule has 0 aliphatic carbocycles. The molecule has 2 atom stereocenters. The number of carbonyl (C=O) groups excluding carboxylic acids is 1. The summed E-state index contributed by atoms with van der Waals surface area (Å²) < 4.78 is 0. The van der Waals surface area contributed by atoms with Crippen molar-refractivity contribution >= 4 is 5.91 Å². The van der Waals surface area contributed by atoms with Gasteiger partial charge >= 0.3 is 0 Å². The zero-order chi connectivity index (χ0) is 16.7. The maximum absolute atomic E-state index is 12.7. The van der Waals surface area contributed by atoms with Crippen LogP contribution in [-0.2, 0) is 4.79 Å². The smallest absolute Gasteiger partial charge is 0.239 e. The van der Waals surface area contributed by atoms with Crippen molar-refractivity contribution in [2.24, 2.45) is 5.92 Å². The SMILES string of the molecule is CC[C@H]1CCCCN1C(=O)[C@@H](C)NCC1CCN(CCO)CC1. The Bertz CT molecular complexity index is 356. The molecule has 2 N–H and O–H groups in total. The molecule has 2 fully saturated rings. The Morgan fingerprint density at radius 1 is 1.22 bits per heavy atom. The number of aliphatic hydroxyl groups is 1. The number of β-amino-alcohol motifs (C(OH)–C–C–N with tert-alkyl or cyclic N) is 1. The molecule has 0 spiro atoms. The maximum atomic E-state index is 12.7. The van der Waals surface area contributed by atoms with Crippen LogP contribution in [0.1, 0.15) is 52.4 Å². The van der Waals surface area contributed by atoms with Crippen molar-refractivity contribution in [2.75, 3.05) is 39.3 Å². The Labute approximate surface area is 141 Å². The first-order chi connectivity index (χ1) is 11.2. The van der Waals surface area contributed by atoms with Crippen LogP contribution in [-0.4, -0.2) is 72.2 Å². The number of hydrogen-bond donors (Lipinski definition) is 2. The predicted molar refractivity (Wildman–Crippen MR) is 93.4 cm³/mol. The molecular formula is C18H35N3O2. The molecule has 0 bridgehead atoms. The molecule has 0 radical (unpaired) electrons. The van der Waals surface area contributed by atoms with Crippen molar-refractivity contribution < 1.29 is 9.90 Å². The van der Waals surface area contributed by atoms with Gasteiger partial charge in [-0.1, -0.05) is 6.92 Å². The first kappa shape index (κ1) is 18.7. The highest BCUT2D eigenvalue weighted by Gasteiger charge is 2.29. The van der Waals surface area contributed by atoms with Gasteiger partial charge in [0.1, 0.15) is 0 Å². The molecule has 2 heterocycles. The molecule has 0 unspecified atom stereocenters. The zero-order valence-corrected chi connectivity index (χ0v) is 15.0. The molecule has 0 aromatic rings. The average Bonchev–Trinajstić information content (AvgIpc) is 2.60. The number of piperidine rings is 2. The lowest BCUT2D eigenvalue weighted by molar-refractivity contribution is -0.136. The van der Waals surface area contributed by atoms with Gasteiger partial charge in [-0.05, 0) is 71.0 Å². The van der Waals surface area contributed by atoms with Gasteiger partial charge in [-0.2, -0.15) is 0 Å². The number of nitrogens with one attached hydrogen (secondary N) is 1. The molecule has 0 saturated carbocycles. The number of hydrogen-bond acceptors (Lipinski definition) is 4. The van der Waals surface area contributed by atoms with E-state index in [-0.39, 0.29) is 18.6 Å². The summed E-state index contributed by atoms with van der Waals surface area (Å²) in [5.74, 6) is 0.942. The molecule has 0 aromatic carbocycles. The highest BCUT2D eigenvalue weighted by molar-refractivity contribution is 5.81. The van der Waals surface area contributed by atoms with Crippen LogP contribution in [0.15, 0.2) is 0 Å². The summed E-state index contributed by atoms with van der Waals surface area (Å²) >= 11 is 0. The Hall–Kier alpha value is -0.650. The van der Waals surface area contributed by atoms with Crippen molar-refractivity contribution in [1.29, 1.82) is 0 Å². The lowest BCUT2D eigenvalue weighted by Crippen LogP contribution is -2.52. The van der Waals surface area contributed by atoms with Crippen LogP contribution < -0.4 is 5.32 Å². The Morgan fingerprint density at radius 2 is 1.96 bits per heavy atom. The highest BCUT2D eigenvalue weighted by atomic mass is 16.3. The fraction of sp³-hybridized carbons (Fsp3) is 0.944. The Kier molecular flexibility index (Phi) is 7.80. The maximum Gasteiger partial charge on any atom is 0.239 e. The first-order valence-electron chi connectivity index (χ1n) is 9.52. The van der Waals surface area contributed by atoms with Crippen molar-refractivity contribution in [3.8, 4) is 0 Å². The van der Waals surface area contributed by atoms with Crippen LogP contribution in [0, 0.1) is 5.92 Å². The second-order valence-electron chi connectivity index (χ2n) is 7.23. The van der Waals surface area contributed by atoms with Crippen molar-refractivity contribution in [2.45, 2.75) is 64.5 Å². The number of aliphatic hydroxyl groups excluding tert-OH is 1. The van der Waals surface area contributed by atoms with E-state index in [4.69, 9.17) is 5.11 Å². The van der Waals surface area contributed by atoms with Crippen LogP contribution in [0.3, 0.4) is 0 Å². The minimum atomic E-state index is -0.0716. The van der Waals surface area contributed by atoms with E-state index in [1.54, 1.807) is 0 Å². The number of likely N-dealkylation sites (tertiary alicyclic amines) is 2. The van der Waals surface area contributed by atoms with Gasteiger partial charge in [-0.25, -0.2) is 0 Å². The average molecular weight is 325 g/mol. The van der Waals surface area contributed by atoms with Crippen LogP contribution in [0.4, 0.5) is 0 Å². The molecule has 2 aliphatic rings. The molecule has 23 heavy (non-hydrogen) atoms. The largest absolute Gasteiger partial charge is 0.395 e. The van der Waals surface area contributed by atoms with E-state index in [1.807, 2.05) is 6.92 Å². The van der Waals surface area contributed by atoms with E-state index < -0.39 is 0 Å². The summed E-state index contributed by atoms with van der Waals surface area (Å²) in [6.45, 7) is 9.26. The quantitative estimate of drug-likeness (QED) is 0.744. The molecule has 2 aliphatic heterocycles. The molecule has 5 heteroatoms. The van der Waals surface area contributed by atoms with Crippen molar-refractivity contribution in [3.63, 3.8) is 0 Å². The lowest BCUT2D eigenvalue weighted by Gasteiger charge is -2.37. The Balaban J connectivity index is 1.72. The van der Waals surface area contributed by atoms with Gasteiger partial charge in [0.15, 0.2) is 0 Å². The molecule has 1 amide bonds. The third-order valence-corrected chi connectivity index (χ3v) is 5.59. The van der Waals surface area contributed by atoms with Gasteiger partial charge in [0.2, 0.25) is 5.91 Å². The summed E-state index contributed by atoms with van der Waals surface area (Å²) in [4.78, 5) is 17.1. The monoisotopic (exact) mass is 325 g/mol. The van der Waals surface area contributed by atoms with E-state index >= 15 is 0 Å². The van der Waals surface area contributed by atoms with Crippen LogP contribution >= 0.6 is 0 Å². The minimum Gasteiger partial charge on any atom is -0.395 e. The molecule has 2 rings (SSSR count). The predicted octanol–water partition coefficient (Wildman–Crippen LogP) is 1.46.